The van der Waals surface area contributed by atoms with Crippen LogP contribution in [0.25, 0.3) is 0 Å². The first-order chi connectivity index (χ1) is 12.2. The highest BCUT2D eigenvalue weighted by Crippen LogP contribution is 2.15. The van der Waals surface area contributed by atoms with Crippen LogP contribution in [0.5, 0.6) is 0 Å². The van der Waals surface area contributed by atoms with Gasteiger partial charge < -0.3 is 5.73 Å². The quantitative estimate of drug-likeness (QED) is 0.822. The number of primary amides is 1. The topological polar surface area (TPSA) is 135 Å². The van der Waals surface area contributed by atoms with E-state index in [1.54, 1.807) is 32.0 Å². The molecule has 0 atom stereocenters. The van der Waals surface area contributed by atoms with Crippen molar-refractivity contribution in [2.24, 2.45) is 5.73 Å². The first-order valence-corrected chi connectivity index (χ1v) is 11.4. The molecule has 144 valence electrons. The fourth-order valence-electron chi connectivity index (χ4n) is 2.13. The van der Waals surface area contributed by atoms with Gasteiger partial charge in [-0.1, -0.05) is 0 Å². The summed E-state index contributed by atoms with van der Waals surface area (Å²) >= 11 is 0. The van der Waals surface area contributed by atoms with Crippen LogP contribution in [0.4, 0.5) is 0 Å². The van der Waals surface area contributed by atoms with E-state index in [-0.39, 0.29) is 15.4 Å². The highest BCUT2D eigenvalue weighted by molar-refractivity contribution is 7.91. The van der Waals surface area contributed by atoms with Crippen molar-refractivity contribution in [2.75, 3.05) is 12.5 Å². The van der Waals surface area contributed by atoms with Gasteiger partial charge in [0.15, 0.2) is 19.7 Å². The van der Waals surface area contributed by atoms with Crippen molar-refractivity contribution >= 4 is 25.6 Å². The van der Waals surface area contributed by atoms with Crippen molar-refractivity contribution in [1.29, 1.82) is 5.26 Å². The Morgan fingerprint density at radius 2 is 1.30 bits per heavy atom. The predicted octanol–water partition coefficient (Wildman–Crippen LogP) is 1.77. The second-order valence-electron chi connectivity index (χ2n) is 6.09. The Hall–Kier alpha value is -2.70. The number of rotatable bonds is 3. The molecule has 0 spiro atoms. The number of nitriles is 1. The van der Waals surface area contributed by atoms with E-state index in [1.165, 1.54) is 18.2 Å². The molecule has 0 aromatic heterocycles. The maximum absolute atomic E-state index is 11.2. The van der Waals surface area contributed by atoms with Crippen LogP contribution in [0.1, 0.15) is 27.0 Å². The maximum Gasteiger partial charge on any atom is 0.248 e. The summed E-state index contributed by atoms with van der Waals surface area (Å²) in [6, 6.07) is 10.8. The number of carbonyl (C=O) groups is 1. The van der Waals surface area contributed by atoms with E-state index in [9.17, 15) is 21.6 Å². The van der Waals surface area contributed by atoms with E-state index in [0.717, 1.165) is 18.1 Å². The minimum Gasteiger partial charge on any atom is -0.366 e. The molecule has 2 N–H and O–H groups in total. The summed E-state index contributed by atoms with van der Waals surface area (Å²) in [6.07, 6.45) is 2.22. The summed E-state index contributed by atoms with van der Waals surface area (Å²) in [5.74, 6) is -0.626. The predicted molar refractivity (Wildman–Crippen MR) is 102 cm³/mol. The Morgan fingerprint density at radius 1 is 0.852 bits per heavy atom. The van der Waals surface area contributed by atoms with Crippen molar-refractivity contribution in [2.45, 2.75) is 23.6 Å². The molecule has 0 bridgehead atoms. The van der Waals surface area contributed by atoms with E-state index in [0.29, 0.717) is 11.1 Å². The van der Waals surface area contributed by atoms with Crippen LogP contribution in [-0.2, 0) is 19.7 Å². The van der Waals surface area contributed by atoms with Crippen LogP contribution in [0.15, 0.2) is 46.2 Å². The summed E-state index contributed by atoms with van der Waals surface area (Å²) in [4.78, 5) is 11.2. The van der Waals surface area contributed by atoms with Gasteiger partial charge in [-0.2, -0.15) is 5.26 Å². The van der Waals surface area contributed by atoms with Gasteiger partial charge in [-0.25, -0.2) is 16.8 Å². The highest BCUT2D eigenvalue weighted by atomic mass is 32.2. The largest absolute Gasteiger partial charge is 0.366 e. The van der Waals surface area contributed by atoms with Crippen molar-refractivity contribution in [3.8, 4) is 6.07 Å². The van der Waals surface area contributed by atoms with Crippen molar-refractivity contribution in [3.63, 3.8) is 0 Å². The molecule has 9 heteroatoms. The normalized spacial score (nSPS) is 11.1. The minimum atomic E-state index is -3.29. The van der Waals surface area contributed by atoms with E-state index in [1.807, 2.05) is 6.07 Å². The number of sulfone groups is 2. The van der Waals surface area contributed by atoms with Crippen LogP contribution < -0.4 is 5.73 Å². The molecule has 0 aliphatic carbocycles. The molecule has 0 heterocycles. The van der Waals surface area contributed by atoms with Crippen molar-refractivity contribution in [1.82, 2.24) is 0 Å². The average Bonchev–Trinajstić information content (AvgIpc) is 2.52. The van der Waals surface area contributed by atoms with Crippen molar-refractivity contribution in [3.05, 3.63) is 58.7 Å². The Labute approximate surface area is 159 Å². The van der Waals surface area contributed by atoms with Gasteiger partial charge in [-0.05, 0) is 61.4 Å². The number of nitrogens with zero attached hydrogens (tertiary/aromatic N) is 1. The fraction of sp³-hybridized carbons (Fsp3) is 0.222. The molecule has 0 saturated carbocycles. The number of hydrogen-bond donors (Lipinski definition) is 1. The zero-order chi connectivity index (χ0) is 21.0. The smallest absolute Gasteiger partial charge is 0.248 e. The molecular weight excluding hydrogens is 388 g/mol. The number of hydrogen-bond acceptors (Lipinski definition) is 6. The van der Waals surface area contributed by atoms with Gasteiger partial charge in [-0.15, -0.1) is 0 Å². The molecule has 27 heavy (non-hydrogen) atoms. The lowest BCUT2D eigenvalue weighted by atomic mass is 10.1. The van der Waals surface area contributed by atoms with E-state index >= 15 is 0 Å². The van der Waals surface area contributed by atoms with Crippen LogP contribution >= 0.6 is 0 Å². The highest BCUT2D eigenvalue weighted by Gasteiger charge is 2.11. The first kappa shape index (κ1) is 22.3. The summed E-state index contributed by atoms with van der Waals surface area (Å²) in [7, 11) is -6.50. The van der Waals surface area contributed by atoms with Gasteiger partial charge in [0.2, 0.25) is 5.91 Å². The lowest BCUT2D eigenvalue weighted by Crippen LogP contribution is -2.12. The molecule has 1 amide bonds. The van der Waals surface area contributed by atoms with E-state index in [4.69, 9.17) is 11.0 Å². The zero-order valence-corrected chi connectivity index (χ0v) is 17.0. The minimum absolute atomic E-state index is 0.117. The molecule has 0 saturated heterocycles. The number of aryl methyl sites for hydroxylation is 2. The van der Waals surface area contributed by atoms with E-state index < -0.39 is 25.6 Å². The third-order valence-electron chi connectivity index (χ3n) is 3.37. The van der Waals surface area contributed by atoms with Crippen LogP contribution in [0, 0.1) is 25.2 Å². The lowest BCUT2D eigenvalue weighted by Gasteiger charge is -2.02. The second-order valence-corrected chi connectivity index (χ2v) is 10.1. The number of amides is 1. The molecule has 0 aliphatic heterocycles. The van der Waals surface area contributed by atoms with Crippen LogP contribution in [-0.4, -0.2) is 35.3 Å². The zero-order valence-electron chi connectivity index (χ0n) is 15.3. The van der Waals surface area contributed by atoms with Crippen LogP contribution in [0.2, 0.25) is 0 Å². The Morgan fingerprint density at radius 3 is 1.70 bits per heavy atom. The molecule has 2 aromatic carbocycles. The number of nitrogens with two attached hydrogens (primary N) is 1. The van der Waals surface area contributed by atoms with Gasteiger partial charge in [0.05, 0.1) is 21.4 Å². The lowest BCUT2D eigenvalue weighted by molar-refractivity contribution is 0.1000. The van der Waals surface area contributed by atoms with Gasteiger partial charge in [0, 0.05) is 18.1 Å². The molecular formula is C18H20N2O5S2. The van der Waals surface area contributed by atoms with Gasteiger partial charge in [-0.3, -0.25) is 4.79 Å². The van der Waals surface area contributed by atoms with E-state index in [2.05, 4.69) is 0 Å². The Balaban J connectivity index is 0.000000271. The summed E-state index contributed by atoms with van der Waals surface area (Å²) < 4.78 is 44.7. The molecule has 2 aromatic rings. The summed E-state index contributed by atoms with van der Waals surface area (Å²) in [6.45, 7) is 3.47. The Kier molecular flexibility index (Phi) is 6.89. The molecule has 0 fully saturated rings. The standard InChI is InChI=1S/C9H11NO3S.C9H9NO2S/c1-6-3-7(9(10)11)5-8(4-6)14(2,12)13;1-7-3-8(6-10)5-9(4-7)13(2,11)12/h3-5H,1-2H3,(H2,10,11);3-5H,1-2H3. The summed E-state index contributed by atoms with van der Waals surface area (Å²) in [5, 5.41) is 8.61. The fourth-order valence-corrected chi connectivity index (χ4v) is 3.61. The maximum atomic E-state index is 11.2. The summed E-state index contributed by atoms with van der Waals surface area (Å²) in [5.41, 5.74) is 7.12. The second kappa shape index (κ2) is 8.33. The average molecular weight is 409 g/mol. The number of carbonyl (C=O) groups excluding carboxylic acids is 1. The van der Waals surface area contributed by atoms with Gasteiger partial charge >= 0.3 is 0 Å². The SMILES string of the molecule is Cc1cc(C#N)cc(S(C)(=O)=O)c1.Cc1cc(C(N)=O)cc(S(C)(=O)=O)c1. The third-order valence-corrected chi connectivity index (χ3v) is 5.56. The van der Waals surface area contributed by atoms with Gasteiger partial charge in [0.1, 0.15) is 0 Å². The molecule has 0 aliphatic rings. The monoisotopic (exact) mass is 408 g/mol. The molecule has 0 radical (unpaired) electrons. The first-order valence-electron chi connectivity index (χ1n) is 7.57. The Bertz CT molecular complexity index is 1130. The van der Waals surface area contributed by atoms with Crippen LogP contribution in [0.3, 0.4) is 0 Å². The number of benzene rings is 2. The van der Waals surface area contributed by atoms with Crippen molar-refractivity contribution < 1.29 is 21.6 Å². The molecule has 0 unspecified atom stereocenters. The van der Waals surface area contributed by atoms with Gasteiger partial charge in [0.25, 0.3) is 0 Å². The third kappa shape index (κ3) is 6.84. The molecule has 2 rings (SSSR count). The molecule has 7 nitrogen and oxygen atoms in total.